The third-order valence-corrected chi connectivity index (χ3v) is 3.71. The normalized spacial score (nSPS) is 13.3. The highest BCUT2D eigenvalue weighted by molar-refractivity contribution is 5.47. The molecule has 0 fully saturated rings. The number of aliphatic hydroxyl groups is 1. The van der Waals surface area contributed by atoms with Crippen molar-refractivity contribution in [3.05, 3.63) is 59.3 Å². The van der Waals surface area contributed by atoms with E-state index in [0.29, 0.717) is 5.82 Å². The maximum atomic E-state index is 10.7. The van der Waals surface area contributed by atoms with Gasteiger partial charge in [0, 0.05) is 17.2 Å². The molecule has 19 heavy (non-hydrogen) atoms. The molecule has 0 saturated heterocycles. The van der Waals surface area contributed by atoms with Gasteiger partial charge in [-0.25, -0.2) is 4.98 Å². The molecule has 2 rings (SSSR count). The van der Waals surface area contributed by atoms with Crippen LogP contribution in [-0.4, -0.2) is 10.1 Å². The van der Waals surface area contributed by atoms with Crippen molar-refractivity contribution in [1.29, 1.82) is 0 Å². The molecule has 3 nitrogen and oxygen atoms in total. The van der Waals surface area contributed by atoms with E-state index in [4.69, 9.17) is 5.73 Å². The van der Waals surface area contributed by atoms with Gasteiger partial charge in [0.1, 0.15) is 5.82 Å². The lowest BCUT2D eigenvalue weighted by atomic mass is 9.76. The SMILES string of the molecule is Cc1ccnc(N)c1C(O)C(C)(C)c1ccccc1. The second-order valence-corrected chi connectivity index (χ2v) is 5.42. The van der Waals surface area contributed by atoms with Gasteiger partial charge < -0.3 is 10.8 Å². The molecule has 0 aliphatic heterocycles. The summed E-state index contributed by atoms with van der Waals surface area (Å²) in [6, 6.07) is 11.8. The maximum absolute atomic E-state index is 10.7. The van der Waals surface area contributed by atoms with Crippen LogP contribution >= 0.6 is 0 Å². The van der Waals surface area contributed by atoms with Crippen LogP contribution in [-0.2, 0) is 5.41 Å². The number of nitrogen functional groups attached to an aromatic ring is 1. The molecule has 1 aromatic heterocycles. The minimum atomic E-state index is -0.691. The van der Waals surface area contributed by atoms with Crippen molar-refractivity contribution in [1.82, 2.24) is 4.98 Å². The number of hydrogen-bond donors (Lipinski definition) is 2. The van der Waals surface area contributed by atoms with E-state index in [9.17, 15) is 5.11 Å². The molecule has 1 unspecified atom stereocenters. The number of benzene rings is 1. The highest BCUT2D eigenvalue weighted by atomic mass is 16.3. The lowest BCUT2D eigenvalue weighted by Crippen LogP contribution is -2.28. The van der Waals surface area contributed by atoms with Crippen LogP contribution in [0, 0.1) is 6.92 Å². The first-order valence-electron chi connectivity index (χ1n) is 6.39. The first kappa shape index (κ1) is 13.6. The van der Waals surface area contributed by atoms with Crippen molar-refractivity contribution < 1.29 is 5.11 Å². The Morgan fingerprint density at radius 1 is 1.16 bits per heavy atom. The molecule has 1 heterocycles. The fraction of sp³-hybridized carbons (Fsp3) is 0.312. The van der Waals surface area contributed by atoms with Gasteiger partial charge >= 0.3 is 0 Å². The second-order valence-electron chi connectivity index (χ2n) is 5.42. The summed E-state index contributed by atoms with van der Waals surface area (Å²) in [5.41, 5.74) is 8.25. The van der Waals surface area contributed by atoms with Gasteiger partial charge in [-0.2, -0.15) is 0 Å². The summed E-state index contributed by atoms with van der Waals surface area (Å²) in [6.07, 6.45) is 0.972. The van der Waals surface area contributed by atoms with Crippen molar-refractivity contribution >= 4 is 5.82 Å². The van der Waals surface area contributed by atoms with Crippen LogP contribution < -0.4 is 5.73 Å². The summed E-state index contributed by atoms with van der Waals surface area (Å²) in [7, 11) is 0. The molecule has 0 saturated carbocycles. The predicted octanol–water partition coefficient (Wildman–Crippen LogP) is 2.98. The quantitative estimate of drug-likeness (QED) is 0.887. The standard InChI is InChI=1S/C16H20N2O/c1-11-9-10-18-15(17)13(11)14(19)16(2,3)12-7-5-4-6-8-12/h4-10,14,19H,1-3H3,(H2,17,18). The van der Waals surface area contributed by atoms with Gasteiger partial charge in [-0.05, 0) is 24.1 Å². The number of hydrogen-bond acceptors (Lipinski definition) is 3. The van der Waals surface area contributed by atoms with Crippen molar-refractivity contribution in [3.63, 3.8) is 0 Å². The average molecular weight is 256 g/mol. The monoisotopic (exact) mass is 256 g/mol. The van der Waals surface area contributed by atoms with E-state index in [0.717, 1.165) is 16.7 Å². The van der Waals surface area contributed by atoms with Crippen molar-refractivity contribution in [3.8, 4) is 0 Å². The molecule has 0 aliphatic carbocycles. The summed E-state index contributed by atoms with van der Waals surface area (Å²) in [5.74, 6) is 0.400. The zero-order valence-electron chi connectivity index (χ0n) is 11.6. The number of anilines is 1. The molecule has 0 radical (unpaired) electrons. The van der Waals surface area contributed by atoms with Crippen LogP contribution in [0.25, 0.3) is 0 Å². The number of nitrogens with zero attached hydrogens (tertiary/aromatic N) is 1. The second kappa shape index (κ2) is 5.02. The van der Waals surface area contributed by atoms with E-state index < -0.39 is 11.5 Å². The Balaban J connectivity index is 2.46. The Labute approximate surface area is 114 Å². The number of aliphatic hydroxyl groups excluding tert-OH is 1. The number of aromatic nitrogens is 1. The summed E-state index contributed by atoms with van der Waals surface area (Å²) < 4.78 is 0. The molecule has 0 bridgehead atoms. The maximum Gasteiger partial charge on any atom is 0.129 e. The molecule has 1 aromatic carbocycles. The predicted molar refractivity (Wildman–Crippen MR) is 77.8 cm³/mol. The number of nitrogens with two attached hydrogens (primary N) is 1. The van der Waals surface area contributed by atoms with Crippen LogP contribution in [0.1, 0.15) is 36.6 Å². The van der Waals surface area contributed by atoms with E-state index in [-0.39, 0.29) is 0 Å². The number of pyridine rings is 1. The van der Waals surface area contributed by atoms with Crippen LogP contribution in [0.5, 0.6) is 0 Å². The van der Waals surface area contributed by atoms with Crippen molar-refractivity contribution in [2.24, 2.45) is 0 Å². The smallest absolute Gasteiger partial charge is 0.129 e. The van der Waals surface area contributed by atoms with Gasteiger partial charge in [-0.3, -0.25) is 0 Å². The average Bonchev–Trinajstić information content (AvgIpc) is 2.39. The Morgan fingerprint density at radius 2 is 1.79 bits per heavy atom. The number of aryl methyl sites for hydroxylation is 1. The molecule has 3 heteroatoms. The van der Waals surface area contributed by atoms with E-state index in [2.05, 4.69) is 4.98 Å². The van der Waals surface area contributed by atoms with Gasteiger partial charge in [0.2, 0.25) is 0 Å². The molecule has 3 N–H and O–H groups in total. The first-order valence-corrected chi connectivity index (χ1v) is 6.39. The summed E-state index contributed by atoms with van der Waals surface area (Å²) in [4.78, 5) is 4.09. The van der Waals surface area contributed by atoms with Crippen LogP contribution in [0.2, 0.25) is 0 Å². The van der Waals surface area contributed by atoms with Gasteiger partial charge in [0.15, 0.2) is 0 Å². The fourth-order valence-corrected chi connectivity index (χ4v) is 2.33. The van der Waals surface area contributed by atoms with Gasteiger partial charge in [0.25, 0.3) is 0 Å². The zero-order chi connectivity index (χ0) is 14.0. The Hall–Kier alpha value is -1.87. The van der Waals surface area contributed by atoms with Gasteiger partial charge in [-0.15, -0.1) is 0 Å². The van der Waals surface area contributed by atoms with E-state index in [1.165, 1.54) is 0 Å². The Bertz CT molecular complexity index is 544. The molecular formula is C16H20N2O. The summed E-state index contributed by atoms with van der Waals surface area (Å²) in [6.45, 7) is 5.97. The molecule has 0 aliphatic rings. The van der Waals surface area contributed by atoms with E-state index >= 15 is 0 Å². The molecular weight excluding hydrogens is 236 g/mol. The largest absolute Gasteiger partial charge is 0.387 e. The number of rotatable bonds is 3. The molecule has 0 amide bonds. The highest BCUT2D eigenvalue weighted by Crippen LogP contribution is 2.39. The fourth-order valence-electron chi connectivity index (χ4n) is 2.33. The first-order chi connectivity index (χ1) is 8.94. The van der Waals surface area contributed by atoms with Gasteiger partial charge in [0.05, 0.1) is 6.10 Å². The summed E-state index contributed by atoms with van der Waals surface area (Å²) in [5, 5.41) is 10.7. The van der Waals surface area contributed by atoms with Crippen LogP contribution in [0.15, 0.2) is 42.6 Å². The highest BCUT2D eigenvalue weighted by Gasteiger charge is 2.33. The molecule has 1 atom stereocenters. The van der Waals surface area contributed by atoms with Crippen molar-refractivity contribution in [2.75, 3.05) is 5.73 Å². The third kappa shape index (κ3) is 2.47. The Kier molecular flexibility index (Phi) is 3.58. The lowest BCUT2D eigenvalue weighted by Gasteiger charge is -2.32. The van der Waals surface area contributed by atoms with Crippen LogP contribution in [0.4, 0.5) is 5.82 Å². The molecule has 100 valence electrons. The van der Waals surface area contributed by atoms with Crippen LogP contribution in [0.3, 0.4) is 0 Å². The van der Waals surface area contributed by atoms with E-state index in [1.54, 1.807) is 6.20 Å². The summed E-state index contributed by atoms with van der Waals surface area (Å²) >= 11 is 0. The zero-order valence-corrected chi connectivity index (χ0v) is 11.6. The Morgan fingerprint density at radius 3 is 2.37 bits per heavy atom. The van der Waals surface area contributed by atoms with Gasteiger partial charge in [-0.1, -0.05) is 44.2 Å². The van der Waals surface area contributed by atoms with Crippen molar-refractivity contribution in [2.45, 2.75) is 32.3 Å². The van der Waals surface area contributed by atoms with E-state index in [1.807, 2.05) is 57.2 Å². The molecule has 0 spiro atoms. The minimum absolute atomic E-state index is 0.400. The minimum Gasteiger partial charge on any atom is -0.387 e. The topological polar surface area (TPSA) is 59.1 Å². The lowest BCUT2D eigenvalue weighted by molar-refractivity contribution is 0.100. The molecule has 2 aromatic rings. The third-order valence-electron chi connectivity index (χ3n) is 3.71.